The monoisotopic (exact) mass is 328 g/mol. The molecule has 0 bridgehead atoms. The van der Waals surface area contributed by atoms with Crippen LogP contribution < -0.4 is 10.6 Å². The summed E-state index contributed by atoms with van der Waals surface area (Å²) in [4.78, 5) is 12.8. The van der Waals surface area contributed by atoms with Crippen LogP contribution in [0.5, 0.6) is 0 Å². The number of fused-ring (bicyclic) bond motifs is 1. The van der Waals surface area contributed by atoms with Gasteiger partial charge in [-0.25, -0.2) is 9.02 Å². The van der Waals surface area contributed by atoms with Gasteiger partial charge in [-0.05, 0) is 39.8 Å². The number of carbonyl (C=O) groups excluding carboxylic acids is 1. The molecule has 6 nitrogen and oxygen atoms in total. The highest BCUT2D eigenvalue weighted by atomic mass is 19.1. The number of nitrogens with zero attached hydrogens (tertiary/aromatic N) is 2. The van der Waals surface area contributed by atoms with E-state index in [0.29, 0.717) is 35.6 Å². The zero-order valence-electron chi connectivity index (χ0n) is 13.4. The molecule has 0 fully saturated rings. The molecule has 7 heteroatoms. The number of hydrogen-bond acceptors (Lipinski definition) is 6. The average molecular weight is 328 g/mol. The second-order valence-corrected chi connectivity index (χ2v) is 7.05. The summed E-state index contributed by atoms with van der Waals surface area (Å²) >= 11 is 0. The third-order valence-corrected chi connectivity index (χ3v) is 4.43. The molecule has 0 radical (unpaired) electrons. The molecule has 1 atom stereocenters. The van der Waals surface area contributed by atoms with Crippen LogP contribution in [-0.2, 0) is 4.79 Å². The van der Waals surface area contributed by atoms with Crippen molar-refractivity contribution in [2.75, 3.05) is 10.6 Å². The number of carbonyl (C=O) groups is 1. The summed E-state index contributed by atoms with van der Waals surface area (Å²) in [5.41, 5.74) is 1.90. The van der Waals surface area contributed by atoms with E-state index in [4.69, 9.17) is 4.63 Å². The van der Waals surface area contributed by atoms with Gasteiger partial charge in [0.05, 0.1) is 6.04 Å². The molecule has 2 aliphatic rings. The van der Waals surface area contributed by atoms with Crippen LogP contribution in [-0.4, -0.2) is 16.1 Å². The Balaban J connectivity index is 1.88. The van der Waals surface area contributed by atoms with E-state index in [2.05, 4.69) is 20.9 Å². The molecule has 0 spiro atoms. The van der Waals surface area contributed by atoms with Crippen molar-refractivity contribution < 1.29 is 13.8 Å². The lowest BCUT2D eigenvalue weighted by Crippen LogP contribution is -2.31. The maximum absolute atomic E-state index is 13.7. The predicted octanol–water partition coefficient (Wildman–Crippen LogP) is 3.43. The molecular formula is C17H17FN4O2. The Hall–Kier alpha value is -2.70. The zero-order valence-corrected chi connectivity index (χ0v) is 13.4. The zero-order chi connectivity index (χ0) is 16.9. The number of ketones is 1. The van der Waals surface area contributed by atoms with Crippen LogP contribution in [0.4, 0.5) is 16.0 Å². The van der Waals surface area contributed by atoms with E-state index in [9.17, 15) is 9.18 Å². The van der Waals surface area contributed by atoms with Crippen LogP contribution in [0.1, 0.15) is 38.3 Å². The first kappa shape index (κ1) is 14.9. The minimum absolute atomic E-state index is 0.0394. The van der Waals surface area contributed by atoms with E-state index >= 15 is 0 Å². The Morgan fingerprint density at radius 3 is 2.83 bits per heavy atom. The normalized spacial score (nSPS) is 22.1. The van der Waals surface area contributed by atoms with Crippen LogP contribution in [0.15, 0.2) is 40.2 Å². The molecule has 0 unspecified atom stereocenters. The molecule has 1 aromatic heterocycles. The van der Waals surface area contributed by atoms with E-state index in [0.717, 1.165) is 5.70 Å². The first-order valence-electron chi connectivity index (χ1n) is 7.81. The number of nitrogens with one attached hydrogen (secondary N) is 2. The Morgan fingerprint density at radius 1 is 1.25 bits per heavy atom. The molecule has 2 N–H and O–H groups in total. The Labute approximate surface area is 138 Å². The van der Waals surface area contributed by atoms with Crippen LogP contribution >= 0.6 is 0 Å². The molecule has 0 saturated heterocycles. The molecule has 0 saturated carbocycles. The lowest BCUT2D eigenvalue weighted by atomic mass is 9.73. The topological polar surface area (TPSA) is 80.1 Å². The summed E-state index contributed by atoms with van der Waals surface area (Å²) in [6, 6.07) is 5.72. The molecule has 1 aromatic carbocycles. The fourth-order valence-electron chi connectivity index (χ4n) is 3.43. The molecular weight excluding hydrogens is 311 g/mol. The van der Waals surface area contributed by atoms with Crippen molar-refractivity contribution in [3.05, 3.63) is 46.9 Å². The largest absolute Gasteiger partial charge is 0.353 e. The van der Waals surface area contributed by atoms with Gasteiger partial charge in [0.1, 0.15) is 5.82 Å². The van der Waals surface area contributed by atoms with E-state index < -0.39 is 6.04 Å². The minimum atomic E-state index is -0.500. The van der Waals surface area contributed by atoms with Crippen molar-refractivity contribution in [2.24, 2.45) is 5.41 Å². The van der Waals surface area contributed by atoms with Gasteiger partial charge in [0, 0.05) is 17.7 Å². The number of anilines is 2. The molecule has 1 aliphatic heterocycles. The SMILES string of the molecule is CC1(C)CC(=O)C2=C(C1)Nc1nonc1N[C@@H]2c1cccc(F)c1. The predicted molar refractivity (Wildman–Crippen MR) is 85.7 cm³/mol. The quantitative estimate of drug-likeness (QED) is 0.835. The van der Waals surface area contributed by atoms with Crippen molar-refractivity contribution in [1.29, 1.82) is 0 Å². The lowest BCUT2D eigenvalue weighted by molar-refractivity contribution is -0.118. The molecule has 2 aromatic rings. The van der Waals surface area contributed by atoms with Gasteiger partial charge in [0.15, 0.2) is 5.78 Å². The minimum Gasteiger partial charge on any atom is -0.353 e. The van der Waals surface area contributed by atoms with Gasteiger partial charge in [-0.15, -0.1) is 0 Å². The van der Waals surface area contributed by atoms with Gasteiger partial charge in [-0.3, -0.25) is 4.79 Å². The van der Waals surface area contributed by atoms with Crippen LogP contribution in [0.2, 0.25) is 0 Å². The molecule has 4 rings (SSSR count). The lowest BCUT2D eigenvalue weighted by Gasteiger charge is -2.33. The van der Waals surface area contributed by atoms with Crippen molar-refractivity contribution in [3.63, 3.8) is 0 Å². The standard InChI is InChI=1S/C17H17FN4O2/c1-17(2)7-11-13(12(23)8-17)14(9-4-3-5-10(18)6-9)20-16-15(19-11)21-24-22-16/h3-6,14H,7-8H2,1-2H3,(H,19,21)(H,20,22)/t14-/m1/s1. The summed E-state index contributed by atoms with van der Waals surface area (Å²) in [7, 11) is 0. The van der Waals surface area contributed by atoms with Crippen LogP contribution in [0.3, 0.4) is 0 Å². The molecule has 24 heavy (non-hydrogen) atoms. The Kier molecular flexibility index (Phi) is 3.19. The highest BCUT2D eigenvalue weighted by Gasteiger charge is 2.39. The first-order valence-corrected chi connectivity index (χ1v) is 7.81. The molecule has 2 heterocycles. The third kappa shape index (κ3) is 2.46. The molecule has 124 valence electrons. The van der Waals surface area contributed by atoms with E-state index in [1.54, 1.807) is 12.1 Å². The van der Waals surface area contributed by atoms with Gasteiger partial charge in [-0.2, -0.15) is 0 Å². The maximum Gasteiger partial charge on any atom is 0.219 e. The van der Waals surface area contributed by atoms with Crippen LogP contribution in [0, 0.1) is 11.2 Å². The second kappa shape index (κ2) is 5.15. The van der Waals surface area contributed by atoms with Crippen molar-refractivity contribution in [2.45, 2.75) is 32.7 Å². The number of halogens is 1. The summed E-state index contributed by atoms with van der Waals surface area (Å²) in [6.07, 6.45) is 1.13. The summed E-state index contributed by atoms with van der Waals surface area (Å²) in [5, 5.41) is 14.0. The Bertz CT molecular complexity index is 856. The Morgan fingerprint density at radius 2 is 2.04 bits per heavy atom. The van der Waals surface area contributed by atoms with Gasteiger partial charge >= 0.3 is 0 Å². The molecule has 0 amide bonds. The molecule has 1 aliphatic carbocycles. The summed E-state index contributed by atoms with van der Waals surface area (Å²) in [6.45, 7) is 4.10. The number of aromatic nitrogens is 2. The fourth-order valence-corrected chi connectivity index (χ4v) is 3.43. The van der Waals surface area contributed by atoms with Gasteiger partial charge in [-0.1, -0.05) is 26.0 Å². The summed E-state index contributed by atoms with van der Waals surface area (Å²) < 4.78 is 18.5. The fraction of sp³-hybridized carbons (Fsp3) is 0.353. The smallest absolute Gasteiger partial charge is 0.219 e. The first-order chi connectivity index (χ1) is 11.4. The van der Waals surface area contributed by atoms with E-state index in [-0.39, 0.29) is 17.0 Å². The highest BCUT2D eigenvalue weighted by Crippen LogP contribution is 2.44. The van der Waals surface area contributed by atoms with E-state index in [1.807, 2.05) is 13.8 Å². The number of Topliss-reactive ketones (excluding diaryl/α,β-unsaturated/α-hetero) is 1. The number of benzene rings is 1. The van der Waals surface area contributed by atoms with Crippen molar-refractivity contribution in [1.82, 2.24) is 10.3 Å². The van der Waals surface area contributed by atoms with Gasteiger partial charge in [0.25, 0.3) is 0 Å². The maximum atomic E-state index is 13.7. The number of allylic oxidation sites excluding steroid dienone is 1. The van der Waals surface area contributed by atoms with Crippen LogP contribution in [0.25, 0.3) is 0 Å². The number of hydrogen-bond donors (Lipinski definition) is 2. The second-order valence-electron chi connectivity index (χ2n) is 7.05. The van der Waals surface area contributed by atoms with Crippen molar-refractivity contribution >= 4 is 17.4 Å². The number of rotatable bonds is 1. The van der Waals surface area contributed by atoms with Crippen molar-refractivity contribution in [3.8, 4) is 0 Å². The van der Waals surface area contributed by atoms with Gasteiger partial charge in [0.2, 0.25) is 11.6 Å². The highest BCUT2D eigenvalue weighted by molar-refractivity contribution is 6.00. The average Bonchev–Trinajstić information content (AvgIpc) is 2.85. The van der Waals surface area contributed by atoms with Gasteiger partial charge < -0.3 is 10.6 Å². The van der Waals surface area contributed by atoms with E-state index in [1.165, 1.54) is 12.1 Å². The summed E-state index contributed by atoms with van der Waals surface area (Å²) in [5.74, 6) is 0.532. The third-order valence-electron chi connectivity index (χ3n) is 4.43.